The number of nitrogens with zero attached hydrogens (tertiary/aromatic N) is 4. The van der Waals surface area contributed by atoms with Gasteiger partial charge < -0.3 is 25.7 Å². The maximum absolute atomic E-state index is 15.3. The van der Waals surface area contributed by atoms with Crippen molar-refractivity contribution < 1.29 is 13.5 Å². The quantitative estimate of drug-likeness (QED) is 0.428. The number of pyridine rings is 1. The van der Waals surface area contributed by atoms with E-state index in [1.807, 2.05) is 0 Å². The van der Waals surface area contributed by atoms with E-state index in [4.69, 9.17) is 10.5 Å². The number of nitrogens with two attached hydrogens (primary N) is 1. The van der Waals surface area contributed by atoms with Crippen LogP contribution in [0.3, 0.4) is 0 Å². The molecule has 2 aliphatic rings. The minimum absolute atomic E-state index is 0.0787. The van der Waals surface area contributed by atoms with Gasteiger partial charge in [-0.3, -0.25) is 0 Å². The van der Waals surface area contributed by atoms with E-state index in [1.165, 1.54) is 7.11 Å². The topological polar surface area (TPSA) is 105 Å². The number of rotatable bonds is 5. The van der Waals surface area contributed by atoms with Crippen molar-refractivity contribution in [2.45, 2.75) is 6.42 Å². The van der Waals surface area contributed by atoms with Gasteiger partial charge in [-0.2, -0.15) is 0 Å². The normalized spacial score (nSPS) is 21.6. The van der Waals surface area contributed by atoms with E-state index in [9.17, 15) is 4.39 Å². The molecule has 33 heavy (non-hydrogen) atoms. The second-order valence-corrected chi connectivity index (χ2v) is 8.90. The number of benzene rings is 1. The lowest BCUT2D eigenvalue weighted by Gasteiger charge is -2.26. The lowest BCUT2D eigenvalue weighted by Crippen LogP contribution is -2.28. The summed E-state index contributed by atoms with van der Waals surface area (Å²) in [4.78, 5) is 18.5. The van der Waals surface area contributed by atoms with E-state index in [2.05, 4.69) is 30.2 Å². The average molecular weight is 451 g/mol. The fraction of sp³-hybridized carbons (Fsp3) is 0.348. The third-order valence-electron chi connectivity index (χ3n) is 7.18. The summed E-state index contributed by atoms with van der Waals surface area (Å²) < 4.78 is 35.0. The predicted molar refractivity (Wildman–Crippen MR) is 122 cm³/mol. The van der Waals surface area contributed by atoms with Gasteiger partial charge in [0.15, 0.2) is 11.6 Å². The molecule has 0 bridgehead atoms. The number of nitrogens with one attached hydrogen (secondary N) is 2. The van der Waals surface area contributed by atoms with Crippen molar-refractivity contribution in [3.8, 4) is 17.1 Å². The summed E-state index contributed by atoms with van der Waals surface area (Å²) in [6.45, 7) is 2.15. The number of hydrogen-bond acceptors (Lipinski definition) is 7. The molecule has 1 saturated heterocycles. The first-order valence-electron chi connectivity index (χ1n) is 10.8. The molecule has 0 spiro atoms. The van der Waals surface area contributed by atoms with Crippen LogP contribution in [0.1, 0.15) is 6.42 Å². The molecule has 2 unspecified atom stereocenters. The smallest absolute Gasteiger partial charge is 0.316 e. The summed E-state index contributed by atoms with van der Waals surface area (Å²) in [5.74, 6) is -1.33. The molecule has 2 fully saturated rings. The van der Waals surface area contributed by atoms with E-state index >= 15 is 4.39 Å². The van der Waals surface area contributed by atoms with Crippen LogP contribution in [0, 0.1) is 23.0 Å². The Kier molecular flexibility index (Phi) is 4.25. The van der Waals surface area contributed by atoms with E-state index in [0.717, 1.165) is 36.8 Å². The summed E-state index contributed by atoms with van der Waals surface area (Å²) in [7, 11) is 3.17. The third-order valence-corrected chi connectivity index (χ3v) is 7.18. The van der Waals surface area contributed by atoms with E-state index in [-0.39, 0.29) is 16.8 Å². The van der Waals surface area contributed by atoms with Crippen molar-refractivity contribution in [1.29, 1.82) is 0 Å². The maximum Gasteiger partial charge on any atom is 0.316 e. The SMILES string of the molecule is CNc1cc(F)c(F)c2c1[nH]c1ncc(-c3cnc(OC)nc3)c(N3CC4CC4(CN)C3)c12. The molecular weight excluding hydrogens is 428 g/mol. The molecule has 4 heterocycles. The summed E-state index contributed by atoms with van der Waals surface area (Å²) in [6.07, 6.45) is 6.12. The van der Waals surface area contributed by atoms with Crippen LogP contribution in [-0.2, 0) is 0 Å². The van der Waals surface area contributed by atoms with Crippen LogP contribution in [0.5, 0.6) is 6.01 Å². The minimum Gasteiger partial charge on any atom is -0.467 e. The van der Waals surface area contributed by atoms with Crippen molar-refractivity contribution in [2.24, 2.45) is 17.1 Å². The molecular formula is C23H23F2N7O. The number of aromatic nitrogens is 4. The van der Waals surface area contributed by atoms with Crippen molar-refractivity contribution in [1.82, 2.24) is 19.9 Å². The monoisotopic (exact) mass is 451 g/mol. The lowest BCUT2D eigenvalue weighted by atomic mass is 10.0. The highest BCUT2D eigenvalue weighted by Crippen LogP contribution is 2.59. The van der Waals surface area contributed by atoms with Crippen LogP contribution < -0.4 is 20.7 Å². The van der Waals surface area contributed by atoms with Gasteiger partial charge in [-0.1, -0.05) is 0 Å². The number of hydrogen-bond donors (Lipinski definition) is 3. The Bertz CT molecular complexity index is 1400. The van der Waals surface area contributed by atoms with Crippen LogP contribution in [0.2, 0.25) is 0 Å². The number of aromatic amines is 1. The highest BCUT2D eigenvalue weighted by Gasteiger charge is 2.59. The molecule has 10 heteroatoms. The van der Waals surface area contributed by atoms with Crippen LogP contribution in [0.25, 0.3) is 33.1 Å². The zero-order valence-corrected chi connectivity index (χ0v) is 18.2. The number of H-pyrrole nitrogens is 1. The van der Waals surface area contributed by atoms with Crippen molar-refractivity contribution in [2.75, 3.05) is 44.0 Å². The number of methoxy groups -OCH3 is 1. The molecule has 6 rings (SSSR count). The van der Waals surface area contributed by atoms with Gasteiger partial charge in [0.1, 0.15) is 5.65 Å². The van der Waals surface area contributed by atoms with Gasteiger partial charge in [-0.25, -0.2) is 23.7 Å². The molecule has 4 N–H and O–H groups in total. The average Bonchev–Trinajstić information content (AvgIpc) is 3.20. The number of ether oxygens (including phenoxy) is 1. The molecule has 170 valence electrons. The molecule has 3 aromatic heterocycles. The largest absolute Gasteiger partial charge is 0.467 e. The second kappa shape index (κ2) is 6.98. The fourth-order valence-corrected chi connectivity index (χ4v) is 5.32. The molecule has 0 amide bonds. The number of anilines is 2. The summed E-state index contributed by atoms with van der Waals surface area (Å²) >= 11 is 0. The van der Waals surface area contributed by atoms with Gasteiger partial charge >= 0.3 is 6.01 Å². The molecule has 4 aromatic rings. The Balaban J connectivity index is 1.66. The zero-order valence-electron chi connectivity index (χ0n) is 18.2. The highest BCUT2D eigenvalue weighted by atomic mass is 19.2. The summed E-state index contributed by atoms with van der Waals surface area (Å²) in [6, 6.07) is 1.40. The van der Waals surface area contributed by atoms with Gasteiger partial charge in [-0.05, 0) is 18.9 Å². The first kappa shape index (κ1) is 20.1. The van der Waals surface area contributed by atoms with Gasteiger partial charge in [-0.15, -0.1) is 0 Å². The third kappa shape index (κ3) is 2.80. The Hall–Kier alpha value is -3.53. The molecule has 1 aromatic carbocycles. The first-order valence-corrected chi connectivity index (χ1v) is 10.8. The van der Waals surface area contributed by atoms with E-state index in [0.29, 0.717) is 40.3 Å². The van der Waals surface area contributed by atoms with Crippen LogP contribution in [-0.4, -0.2) is 53.7 Å². The Morgan fingerprint density at radius 3 is 2.70 bits per heavy atom. The Morgan fingerprint density at radius 2 is 2.03 bits per heavy atom. The summed E-state index contributed by atoms with van der Waals surface area (Å²) in [5, 5.41) is 3.66. The maximum atomic E-state index is 15.3. The standard InChI is InChI=1S/C23H23F2N7O/c1-27-15-3-14(24)18(25)16-17-20(32-8-12-4-23(12,9-26)10-32)13(7-28-21(17)31-19(15)16)11-5-29-22(33-2)30-6-11/h3,5-7,12,27H,4,8-10,26H2,1-2H3,(H,28,31). The first-order chi connectivity index (χ1) is 16.0. The number of halogens is 2. The van der Waals surface area contributed by atoms with Crippen molar-refractivity contribution >= 4 is 33.3 Å². The van der Waals surface area contributed by atoms with Gasteiger partial charge in [0.25, 0.3) is 0 Å². The minimum atomic E-state index is -0.917. The van der Waals surface area contributed by atoms with E-state index in [1.54, 1.807) is 25.6 Å². The number of piperidine rings is 1. The fourth-order valence-electron chi connectivity index (χ4n) is 5.32. The van der Waals surface area contributed by atoms with Gasteiger partial charge in [0.2, 0.25) is 0 Å². The molecule has 2 atom stereocenters. The van der Waals surface area contributed by atoms with Crippen molar-refractivity contribution in [3.05, 3.63) is 36.3 Å². The molecule has 8 nitrogen and oxygen atoms in total. The predicted octanol–water partition coefficient (Wildman–Crippen LogP) is 3.29. The van der Waals surface area contributed by atoms with Crippen LogP contribution in [0.4, 0.5) is 20.2 Å². The molecule has 0 radical (unpaired) electrons. The number of fused-ring (bicyclic) bond motifs is 4. The highest BCUT2D eigenvalue weighted by molar-refractivity contribution is 6.18. The Morgan fingerprint density at radius 1 is 1.24 bits per heavy atom. The molecule has 1 aliphatic carbocycles. The summed E-state index contributed by atoms with van der Waals surface area (Å²) in [5.41, 5.74) is 9.84. The van der Waals surface area contributed by atoms with Crippen molar-refractivity contribution in [3.63, 3.8) is 0 Å². The van der Waals surface area contributed by atoms with Gasteiger partial charge in [0, 0.05) is 61.3 Å². The zero-order chi connectivity index (χ0) is 22.9. The van der Waals surface area contributed by atoms with Crippen LogP contribution in [0.15, 0.2) is 24.7 Å². The van der Waals surface area contributed by atoms with E-state index < -0.39 is 11.6 Å². The second-order valence-electron chi connectivity index (χ2n) is 8.90. The van der Waals surface area contributed by atoms with Gasteiger partial charge in [0.05, 0.1) is 34.8 Å². The molecule has 1 aliphatic heterocycles. The molecule has 1 saturated carbocycles. The Labute approximate surface area is 188 Å². The lowest BCUT2D eigenvalue weighted by molar-refractivity contribution is 0.380. The van der Waals surface area contributed by atoms with Crippen LogP contribution >= 0.6 is 0 Å².